The van der Waals surface area contributed by atoms with Gasteiger partial charge in [0.05, 0.1) is 0 Å². The normalized spacial score (nSPS) is 26.1. The van der Waals surface area contributed by atoms with E-state index in [4.69, 9.17) is 11.6 Å². The Balaban J connectivity index is 2.19. The molecule has 1 aliphatic rings. The molecule has 2 rings (SSSR count). The third-order valence-electron chi connectivity index (χ3n) is 2.74. The molecule has 13 heavy (non-hydrogen) atoms. The van der Waals surface area contributed by atoms with Crippen LogP contribution in [0, 0.1) is 18.7 Å². The summed E-state index contributed by atoms with van der Waals surface area (Å²) in [5.74, 6) is 1.68. The fourth-order valence-electron chi connectivity index (χ4n) is 1.67. The number of halogens is 2. The Morgan fingerprint density at radius 2 is 2.31 bits per heavy atom. The highest BCUT2D eigenvalue weighted by Crippen LogP contribution is 2.48. The van der Waals surface area contributed by atoms with Gasteiger partial charge in [0.25, 0.3) is 0 Å². The van der Waals surface area contributed by atoms with E-state index in [2.05, 4.69) is 0 Å². The summed E-state index contributed by atoms with van der Waals surface area (Å²) in [5, 5.41) is 0. The van der Waals surface area contributed by atoms with Gasteiger partial charge in [-0.15, -0.1) is 11.6 Å². The average molecular weight is 199 g/mol. The van der Waals surface area contributed by atoms with E-state index in [1.165, 1.54) is 0 Å². The minimum absolute atomic E-state index is 0.0993. The highest BCUT2D eigenvalue weighted by molar-refractivity contribution is 6.18. The lowest BCUT2D eigenvalue weighted by molar-refractivity contribution is 0.615. The van der Waals surface area contributed by atoms with Crippen LogP contribution in [-0.2, 0) is 0 Å². The summed E-state index contributed by atoms with van der Waals surface area (Å²) in [7, 11) is 0. The number of hydrogen-bond donors (Lipinski definition) is 0. The second-order valence-electron chi connectivity index (χ2n) is 3.77. The Bertz CT molecular complexity index is 322. The van der Waals surface area contributed by atoms with Gasteiger partial charge >= 0.3 is 0 Å². The lowest BCUT2D eigenvalue weighted by Gasteiger charge is -2.01. The molecule has 1 aliphatic carbocycles. The van der Waals surface area contributed by atoms with Gasteiger partial charge in [-0.1, -0.05) is 12.1 Å². The molecule has 0 bridgehead atoms. The first-order valence-electron chi connectivity index (χ1n) is 4.54. The molecular weight excluding hydrogens is 187 g/mol. The smallest absolute Gasteiger partial charge is 0.126 e. The minimum atomic E-state index is -0.0993. The van der Waals surface area contributed by atoms with E-state index >= 15 is 0 Å². The molecule has 70 valence electrons. The van der Waals surface area contributed by atoms with Gasteiger partial charge in [-0.05, 0) is 42.4 Å². The largest absolute Gasteiger partial charge is 0.207 e. The molecule has 0 saturated heterocycles. The Hall–Kier alpha value is -0.560. The van der Waals surface area contributed by atoms with E-state index in [1.54, 1.807) is 13.0 Å². The van der Waals surface area contributed by atoms with Gasteiger partial charge in [-0.25, -0.2) is 4.39 Å². The number of rotatable bonds is 2. The van der Waals surface area contributed by atoms with Crippen molar-refractivity contribution in [1.29, 1.82) is 0 Å². The number of hydrogen-bond acceptors (Lipinski definition) is 0. The fourth-order valence-corrected chi connectivity index (χ4v) is 2.01. The molecule has 0 aromatic heterocycles. The van der Waals surface area contributed by atoms with Crippen molar-refractivity contribution in [3.8, 4) is 0 Å². The SMILES string of the molecule is Cc1ccc(C2CC2CCl)cc1F. The minimum Gasteiger partial charge on any atom is -0.207 e. The van der Waals surface area contributed by atoms with Crippen LogP contribution in [0.1, 0.15) is 23.5 Å². The van der Waals surface area contributed by atoms with E-state index < -0.39 is 0 Å². The second kappa shape index (κ2) is 3.30. The maximum absolute atomic E-state index is 13.2. The van der Waals surface area contributed by atoms with Crippen molar-refractivity contribution in [2.24, 2.45) is 5.92 Å². The summed E-state index contributed by atoms with van der Waals surface area (Å²) in [4.78, 5) is 0. The maximum Gasteiger partial charge on any atom is 0.126 e. The standard InChI is InChI=1S/C11H12ClF/c1-7-2-3-8(5-11(7)13)10-4-9(10)6-12/h2-3,5,9-10H,4,6H2,1H3. The summed E-state index contributed by atoms with van der Waals surface area (Å²) in [6.45, 7) is 1.78. The quantitative estimate of drug-likeness (QED) is 0.639. The zero-order valence-corrected chi connectivity index (χ0v) is 8.31. The van der Waals surface area contributed by atoms with E-state index in [-0.39, 0.29) is 5.82 Å². The van der Waals surface area contributed by atoms with E-state index in [0.717, 1.165) is 12.0 Å². The van der Waals surface area contributed by atoms with Crippen LogP contribution >= 0.6 is 11.6 Å². The third-order valence-corrected chi connectivity index (χ3v) is 3.14. The number of aryl methyl sites for hydroxylation is 1. The molecule has 1 aromatic rings. The van der Waals surface area contributed by atoms with E-state index in [9.17, 15) is 4.39 Å². The highest BCUT2D eigenvalue weighted by atomic mass is 35.5. The molecule has 0 heterocycles. The van der Waals surface area contributed by atoms with E-state index in [1.807, 2.05) is 12.1 Å². The maximum atomic E-state index is 13.2. The summed E-state index contributed by atoms with van der Waals surface area (Å²) in [6, 6.07) is 5.50. The summed E-state index contributed by atoms with van der Waals surface area (Å²) in [6.07, 6.45) is 1.12. The van der Waals surface area contributed by atoms with Gasteiger partial charge in [0, 0.05) is 5.88 Å². The molecule has 0 spiro atoms. The molecule has 0 radical (unpaired) electrons. The van der Waals surface area contributed by atoms with Crippen molar-refractivity contribution < 1.29 is 4.39 Å². The molecule has 1 fully saturated rings. The molecule has 0 aliphatic heterocycles. The van der Waals surface area contributed by atoms with Crippen molar-refractivity contribution in [3.05, 3.63) is 35.1 Å². The van der Waals surface area contributed by atoms with Gasteiger partial charge < -0.3 is 0 Å². The van der Waals surface area contributed by atoms with Gasteiger partial charge in [0.1, 0.15) is 5.82 Å². The highest BCUT2D eigenvalue weighted by Gasteiger charge is 2.37. The lowest BCUT2D eigenvalue weighted by Crippen LogP contribution is -1.88. The molecule has 0 nitrogen and oxygen atoms in total. The molecule has 0 N–H and O–H groups in total. The second-order valence-corrected chi connectivity index (χ2v) is 4.07. The van der Waals surface area contributed by atoms with Crippen LogP contribution in [0.5, 0.6) is 0 Å². The van der Waals surface area contributed by atoms with Crippen LogP contribution in [0.4, 0.5) is 4.39 Å². The molecule has 1 saturated carbocycles. The monoisotopic (exact) mass is 198 g/mol. The molecular formula is C11H12ClF. The van der Waals surface area contributed by atoms with Crippen LogP contribution < -0.4 is 0 Å². The average Bonchev–Trinajstić information content (AvgIpc) is 2.88. The molecule has 2 heteroatoms. The summed E-state index contributed by atoms with van der Waals surface area (Å²) in [5.41, 5.74) is 1.82. The van der Waals surface area contributed by atoms with Gasteiger partial charge in [-0.3, -0.25) is 0 Å². The van der Waals surface area contributed by atoms with Crippen molar-refractivity contribution in [2.45, 2.75) is 19.3 Å². The van der Waals surface area contributed by atoms with Crippen LogP contribution in [0.15, 0.2) is 18.2 Å². The van der Waals surface area contributed by atoms with Crippen molar-refractivity contribution in [1.82, 2.24) is 0 Å². The fraction of sp³-hybridized carbons (Fsp3) is 0.455. The number of benzene rings is 1. The zero-order chi connectivity index (χ0) is 9.42. The first kappa shape index (κ1) is 9.01. The first-order valence-corrected chi connectivity index (χ1v) is 5.08. The van der Waals surface area contributed by atoms with Crippen molar-refractivity contribution in [2.75, 3.05) is 5.88 Å². The Morgan fingerprint density at radius 3 is 2.85 bits per heavy atom. The molecule has 1 aromatic carbocycles. The lowest BCUT2D eigenvalue weighted by atomic mass is 10.1. The van der Waals surface area contributed by atoms with Crippen molar-refractivity contribution >= 4 is 11.6 Å². The molecule has 0 amide bonds. The van der Waals surface area contributed by atoms with Crippen LogP contribution in [0.2, 0.25) is 0 Å². The van der Waals surface area contributed by atoms with Gasteiger partial charge in [0.15, 0.2) is 0 Å². The van der Waals surface area contributed by atoms with Crippen LogP contribution in [-0.4, -0.2) is 5.88 Å². The topological polar surface area (TPSA) is 0 Å². The Labute approximate surface area is 82.7 Å². The first-order chi connectivity index (χ1) is 6.22. The predicted molar refractivity (Wildman–Crippen MR) is 52.7 cm³/mol. The Kier molecular flexibility index (Phi) is 2.29. The molecule has 2 unspecified atom stereocenters. The zero-order valence-electron chi connectivity index (χ0n) is 7.56. The van der Waals surface area contributed by atoms with E-state index in [0.29, 0.717) is 23.3 Å². The number of alkyl halides is 1. The van der Waals surface area contributed by atoms with Gasteiger partial charge in [-0.2, -0.15) is 0 Å². The van der Waals surface area contributed by atoms with Crippen LogP contribution in [0.25, 0.3) is 0 Å². The molecule has 2 atom stereocenters. The van der Waals surface area contributed by atoms with Crippen LogP contribution in [0.3, 0.4) is 0 Å². The van der Waals surface area contributed by atoms with Crippen molar-refractivity contribution in [3.63, 3.8) is 0 Å². The van der Waals surface area contributed by atoms with Gasteiger partial charge in [0.2, 0.25) is 0 Å². The predicted octanol–water partition coefficient (Wildman–Crippen LogP) is 3.48. The third kappa shape index (κ3) is 1.71. The summed E-state index contributed by atoms with van der Waals surface area (Å²) >= 11 is 5.72. The summed E-state index contributed by atoms with van der Waals surface area (Å²) < 4.78 is 13.2. The Morgan fingerprint density at radius 1 is 1.54 bits per heavy atom.